The third-order valence-corrected chi connectivity index (χ3v) is 4.07. The Hall–Kier alpha value is -2.41. The van der Waals surface area contributed by atoms with Gasteiger partial charge >= 0.3 is 0 Å². The second-order valence-electron chi connectivity index (χ2n) is 5.65. The standard InChI is InChI=1S/C16H22N6O/c1-20-16(23)12-14(13-19-20)17-6-7-21-8-10-22(11-9-21)15-4-2-3-5-18-15/h2-5,12-13,17H,6-11H2,1H3. The van der Waals surface area contributed by atoms with Crippen molar-refractivity contribution in [3.63, 3.8) is 0 Å². The molecule has 23 heavy (non-hydrogen) atoms. The fourth-order valence-corrected chi connectivity index (χ4v) is 2.67. The zero-order valence-corrected chi connectivity index (χ0v) is 13.4. The molecule has 122 valence electrons. The number of piperazine rings is 1. The molecule has 1 aliphatic rings. The number of anilines is 2. The van der Waals surface area contributed by atoms with Crippen LogP contribution in [0.4, 0.5) is 11.5 Å². The smallest absolute Gasteiger partial charge is 0.268 e. The minimum Gasteiger partial charge on any atom is -0.382 e. The molecule has 0 unspecified atom stereocenters. The van der Waals surface area contributed by atoms with Gasteiger partial charge in [0.1, 0.15) is 5.82 Å². The van der Waals surface area contributed by atoms with Gasteiger partial charge < -0.3 is 10.2 Å². The first kappa shape index (κ1) is 15.5. The minimum absolute atomic E-state index is 0.0982. The lowest BCUT2D eigenvalue weighted by atomic mass is 10.3. The molecule has 3 rings (SSSR count). The normalized spacial score (nSPS) is 15.6. The molecule has 0 bridgehead atoms. The first-order chi connectivity index (χ1) is 11.2. The first-order valence-corrected chi connectivity index (χ1v) is 7.88. The molecule has 0 spiro atoms. The molecule has 1 fully saturated rings. The van der Waals surface area contributed by atoms with Crippen molar-refractivity contribution in [3.05, 3.63) is 47.0 Å². The molecular formula is C16H22N6O. The lowest BCUT2D eigenvalue weighted by Crippen LogP contribution is -2.47. The van der Waals surface area contributed by atoms with Crippen molar-refractivity contribution >= 4 is 11.5 Å². The average Bonchev–Trinajstić information content (AvgIpc) is 2.59. The summed E-state index contributed by atoms with van der Waals surface area (Å²) in [5.41, 5.74) is 0.680. The van der Waals surface area contributed by atoms with Gasteiger partial charge in [-0.15, -0.1) is 0 Å². The molecule has 1 saturated heterocycles. The molecule has 0 aliphatic carbocycles. The molecule has 0 aromatic carbocycles. The summed E-state index contributed by atoms with van der Waals surface area (Å²) in [6, 6.07) is 7.60. The minimum atomic E-state index is -0.0982. The van der Waals surface area contributed by atoms with E-state index in [-0.39, 0.29) is 5.56 Å². The van der Waals surface area contributed by atoms with Gasteiger partial charge in [-0.2, -0.15) is 5.10 Å². The highest BCUT2D eigenvalue weighted by molar-refractivity contribution is 5.39. The van der Waals surface area contributed by atoms with Gasteiger partial charge in [-0.25, -0.2) is 9.67 Å². The zero-order chi connectivity index (χ0) is 16.1. The van der Waals surface area contributed by atoms with E-state index in [9.17, 15) is 4.79 Å². The fraction of sp³-hybridized carbons (Fsp3) is 0.438. The topological polar surface area (TPSA) is 66.3 Å². The van der Waals surface area contributed by atoms with Crippen molar-refractivity contribution in [1.82, 2.24) is 19.7 Å². The van der Waals surface area contributed by atoms with Crippen molar-refractivity contribution in [1.29, 1.82) is 0 Å². The number of rotatable bonds is 5. The molecule has 0 radical (unpaired) electrons. The van der Waals surface area contributed by atoms with Crippen molar-refractivity contribution in [2.24, 2.45) is 7.05 Å². The molecule has 2 aromatic heterocycles. The number of hydrogen-bond acceptors (Lipinski definition) is 6. The quantitative estimate of drug-likeness (QED) is 0.862. The van der Waals surface area contributed by atoms with Crippen LogP contribution in [-0.2, 0) is 7.05 Å². The highest BCUT2D eigenvalue weighted by Gasteiger charge is 2.17. The van der Waals surface area contributed by atoms with Crippen LogP contribution in [0.2, 0.25) is 0 Å². The van der Waals surface area contributed by atoms with Crippen LogP contribution in [0.3, 0.4) is 0 Å². The number of nitrogens with zero attached hydrogens (tertiary/aromatic N) is 5. The number of aromatic nitrogens is 3. The maximum absolute atomic E-state index is 11.5. The molecule has 1 N–H and O–H groups in total. The summed E-state index contributed by atoms with van der Waals surface area (Å²) in [5.74, 6) is 1.05. The predicted octanol–water partition coefficient (Wildman–Crippen LogP) is 0.409. The van der Waals surface area contributed by atoms with E-state index in [1.807, 2.05) is 18.3 Å². The Kier molecular flexibility index (Phi) is 4.87. The summed E-state index contributed by atoms with van der Waals surface area (Å²) in [7, 11) is 1.65. The third-order valence-electron chi connectivity index (χ3n) is 4.07. The zero-order valence-electron chi connectivity index (χ0n) is 13.4. The van der Waals surface area contributed by atoms with Crippen LogP contribution in [-0.4, -0.2) is 58.9 Å². The second kappa shape index (κ2) is 7.23. The van der Waals surface area contributed by atoms with Gasteiger partial charge in [0.2, 0.25) is 0 Å². The Bertz CT molecular complexity index is 678. The second-order valence-corrected chi connectivity index (χ2v) is 5.65. The van der Waals surface area contributed by atoms with E-state index < -0.39 is 0 Å². The average molecular weight is 314 g/mol. The Morgan fingerprint density at radius 3 is 2.74 bits per heavy atom. The monoisotopic (exact) mass is 314 g/mol. The van der Waals surface area contributed by atoms with E-state index in [4.69, 9.17) is 0 Å². The Balaban J connectivity index is 1.42. The van der Waals surface area contributed by atoms with Crippen molar-refractivity contribution in [2.75, 3.05) is 49.5 Å². The summed E-state index contributed by atoms with van der Waals surface area (Å²) < 4.78 is 1.32. The summed E-state index contributed by atoms with van der Waals surface area (Å²) in [6.07, 6.45) is 3.52. The van der Waals surface area contributed by atoms with Crippen molar-refractivity contribution < 1.29 is 0 Å². The largest absolute Gasteiger partial charge is 0.382 e. The predicted molar refractivity (Wildman–Crippen MR) is 90.9 cm³/mol. The summed E-state index contributed by atoms with van der Waals surface area (Å²) >= 11 is 0. The van der Waals surface area contributed by atoms with Crippen molar-refractivity contribution in [2.45, 2.75) is 0 Å². The van der Waals surface area contributed by atoms with Gasteiger partial charge in [-0.3, -0.25) is 9.69 Å². The highest BCUT2D eigenvalue weighted by Crippen LogP contribution is 2.12. The molecule has 7 heteroatoms. The van der Waals surface area contributed by atoms with Crippen LogP contribution < -0.4 is 15.8 Å². The maximum atomic E-state index is 11.5. The molecule has 1 aliphatic heterocycles. The van der Waals surface area contributed by atoms with E-state index in [0.717, 1.165) is 50.8 Å². The first-order valence-electron chi connectivity index (χ1n) is 7.88. The van der Waals surface area contributed by atoms with E-state index in [1.165, 1.54) is 4.68 Å². The maximum Gasteiger partial charge on any atom is 0.268 e. The van der Waals surface area contributed by atoms with Crippen LogP contribution in [0.1, 0.15) is 0 Å². The third kappa shape index (κ3) is 4.07. The SMILES string of the molecule is Cn1ncc(NCCN2CCN(c3ccccn3)CC2)cc1=O. The van der Waals surface area contributed by atoms with E-state index in [2.05, 4.69) is 31.3 Å². The highest BCUT2D eigenvalue weighted by atomic mass is 16.1. The molecule has 2 aromatic rings. The number of nitrogens with one attached hydrogen (secondary N) is 1. The number of aryl methyl sites for hydroxylation is 1. The van der Waals surface area contributed by atoms with Gasteiger partial charge in [0, 0.05) is 58.6 Å². The van der Waals surface area contributed by atoms with E-state index >= 15 is 0 Å². The molecular weight excluding hydrogens is 292 g/mol. The van der Waals surface area contributed by atoms with E-state index in [1.54, 1.807) is 19.3 Å². The Morgan fingerprint density at radius 1 is 1.22 bits per heavy atom. The van der Waals surface area contributed by atoms with Crippen LogP contribution in [0.25, 0.3) is 0 Å². The Labute approximate surface area is 135 Å². The van der Waals surface area contributed by atoms with Gasteiger partial charge in [-0.05, 0) is 12.1 Å². The van der Waals surface area contributed by atoms with Crippen LogP contribution >= 0.6 is 0 Å². The van der Waals surface area contributed by atoms with Crippen molar-refractivity contribution in [3.8, 4) is 0 Å². The Morgan fingerprint density at radius 2 is 2.04 bits per heavy atom. The van der Waals surface area contributed by atoms with Crippen LogP contribution in [0.15, 0.2) is 41.5 Å². The van der Waals surface area contributed by atoms with Crippen LogP contribution in [0.5, 0.6) is 0 Å². The number of pyridine rings is 1. The van der Waals surface area contributed by atoms with Gasteiger partial charge in [0.25, 0.3) is 5.56 Å². The fourth-order valence-electron chi connectivity index (χ4n) is 2.67. The molecule has 0 amide bonds. The molecule has 0 saturated carbocycles. The molecule has 7 nitrogen and oxygen atoms in total. The molecule has 0 atom stereocenters. The van der Waals surface area contributed by atoms with Gasteiger partial charge in [0.15, 0.2) is 0 Å². The lowest BCUT2D eigenvalue weighted by molar-refractivity contribution is 0.266. The van der Waals surface area contributed by atoms with Crippen LogP contribution in [0, 0.1) is 0 Å². The molecule has 3 heterocycles. The number of hydrogen-bond donors (Lipinski definition) is 1. The lowest BCUT2D eigenvalue weighted by Gasteiger charge is -2.35. The summed E-state index contributed by atoms with van der Waals surface area (Å²) in [5, 5.41) is 7.26. The summed E-state index contributed by atoms with van der Waals surface area (Å²) in [4.78, 5) is 20.6. The van der Waals surface area contributed by atoms with Gasteiger partial charge in [-0.1, -0.05) is 6.07 Å². The van der Waals surface area contributed by atoms with Gasteiger partial charge in [0.05, 0.1) is 11.9 Å². The summed E-state index contributed by atoms with van der Waals surface area (Å²) in [6.45, 7) is 5.78. The van der Waals surface area contributed by atoms with E-state index in [0.29, 0.717) is 0 Å².